The van der Waals surface area contributed by atoms with Gasteiger partial charge in [0.25, 0.3) is 12.0 Å². The van der Waals surface area contributed by atoms with Gasteiger partial charge >= 0.3 is 0 Å². The molecule has 0 spiro atoms. The van der Waals surface area contributed by atoms with Crippen molar-refractivity contribution in [2.45, 2.75) is 57.0 Å². The Morgan fingerprint density at radius 2 is 2.00 bits per heavy atom. The average molecular weight is 474 g/mol. The van der Waals surface area contributed by atoms with E-state index in [1.807, 2.05) is 35.2 Å². The van der Waals surface area contributed by atoms with E-state index >= 15 is 0 Å². The summed E-state index contributed by atoms with van der Waals surface area (Å²) in [5.74, 6) is -0.765. The Kier molecular flexibility index (Phi) is 5.43. The first-order valence-electron chi connectivity index (χ1n) is 11.2. The first-order valence-corrected chi connectivity index (χ1v) is 12.0. The quantitative estimate of drug-likeness (QED) is 0.563. The summed E-state index contributed by atoms with van der Waals surface area (Å²) in [5, 5.41) is 0.432. The molecule has 2 N–H and O–H groups in total. The van der Waals surface area contributed by atoms with E-state index in [4.69, 9.17) is 5.73 Å². The zero-order chi connectivity index (χ0) is 23.3. The minimum Gasteiger partial charge on any atom is -0.368 e. The van der Waals surface area contributed by atoms with Gasteiger partial charge in [-0.3, -0.25) is 14.2 Å². The first-order chi connectivity index (χ1) is 15.9. The number of rotatable bonds is 7. The molecular formula is C23H25F2N5O2S. The van der Waals surface area contributed by atoms with Crippen molar-refractivity contribution >= 4 is 32.7 Å². The molecule has 7 nitrogen and oxygen atoms in total. The molecule has 2 aliphatic rings. The monoisotopic (exact) mass is 473 g/mol. The summed E-state index contributed by atoms with van der Waals surface area (Å²) >= 11 is 1.07. The molecule has 2 atom stereocenters. The summed E-state index contributed by atoms with van der Waals surface area (Å²) in [6.07, 6.45) is 0.472. The molecule has 1 aromatic carbocycles. The number of carbonyl (C=O) groups excluding carboxylic acids is 1. The van der Waals surface area contributed by atoms with E-state index in [-0.39, 0.29) is 22.8 Å². The molecule has 1 aliphatic carbocycles. The number of anilines is 1. The number of hydrogen-bond donors (Lipinski definition) is 1. The number of alkyl halides is 2. The molecule has 33 heavy (non-hydrogen) atoms. The molecule has 0 bridgehead atoms. The molecule has 1 aliphatic heterocycles. The van der Waals surface area contributed by atoms with Crippen LogP contribution >= 0.6 is 11.3 Å². The molecule has 1 amide bonds. The van der Waals surface area contributed by atoms with Gasteiger partial charge in [0.2, 0.25) is 5.91 Å². The van der Waals surface area contributed by atoms with Gasteiger partial charge in [0, 0.05) is 19.0 Å². The minimum atomic E-state index is -2.87. The number of carbonyl (C=O) groups is 1. The summed E-state index contributed by atoms with van der Waals surface area (Å²) in [4.78, 5) is 36.7. The molecule has 1 unspecified atom stereocenters. The lowest BCUT2D eigenvalue weighted by Gasteiger charge is -2.42. The van der Waals surface area contributed by atoms with Crippen LogP contribution < -0.4 is 16.2 Å². The smallest absolute Gasteiger partial charge is 0.295 e. The number of primary amides is 1. The number of hydrogen-bond acceptors (Lipinski definition) is 6. The summed E-state index contributed by atoms with van der Waals surface area (Å²) < 4.78 is 28.0. The summed E-state index contributed by atoms with van der Waals surface area (Å²) in [6.45, 7) is 2.23. The molecule has 0 radical (unpaired) electrons. The van der Waals surface area contributed by atoms with Crippen molar-refractivity contribution in [2.24, 2.45) is 11.7 Å². The van der Waals surface area contributed by atoms with Gasteiger partial charge in [-0.25, -0.2) is 18.7 Å². The number of halogens is 2. The van der Waals surface area contributed by atoms with Crippen LogP contribution in [0.15, 0.2) is 35.1 Å². The fourth-order valence-electron chi connectivity index (χ4n) is 5.37. The van der Waals surface area contributed by atoms with Gasteiger partial charge in [0.1, 0.15) is 5.54 Å². The summed E-state index contributed by atoms with van der Waals surface area (Å²) in [6, 6.07) is 9.91. The molecule has 2 aromatic heterocycles. The van der Waals surface area contributed by atoms with Gasteiger partial charge in [-0.05, 0) is 44.1 Å². The van der Waals surface area contributed by atoms with E-state index in [1.54, 1.807) is 6.92 Å². The van der Waals surface area contributed by atoms with Crippen LogP contribution in [0.4, 0.5) is 13.9 Å². The molecule has 3 aromatic rings. The lowest BCUT2D eigenvalue weighted by atomic mass is 9.73. The number of amides is 1. The Morgan fingerprint density at radius 3 is 2.61 bits per heavy atom. The lowest BCUT2D eigenvalue weighted by molar-refractivity contribution is -0.124. The van der Waals surface area contributed by atoms with Crippen LogP contribution in [0.3, 0.4) is 0 Å². The van der Waals surface area contributed by atoms with Crippen LogP contribution in [-0.2, 0) is 11.3 Å². The largest absolute Gasteiger partial charge is 0.368 e. The van der Waals surface area contributed by atoms with Crippen LogP contribution in [-0.4, -0.2) is 32.5 Å². The molecule has 2 fully saturated rings. The Labute approximate surface area is 193 Å². The third-order valence-corrected chi connectivity index (χ3v) is 7.87. The SMILES string of the molecule is CCn1c(C(F)F)nc2sc(N3CCCC3(C(N)=O)[C@@H](c3ccccc3)C3CC3)nc2c1=O. The second kappa shape index (κ2) is 8.16. The molecule has 1 saturated carbocycles. The molecule has 174 valence electrons. The van der Waals surface area contributed by atoms with E-state index in [0.717, 1.165) is 40.7 Å². The number of nitrogens with zero attached hydrogens (tertiary/aromatic N) is 4. The second-order valence-electron chi connectivity index (χ2n) is 8.74. The highest BCUT2D eigenvalue weighted by molar-refractivity contribution is 7.21. The molecule has 1 saturated heterocycles. The van der Waals surface area contributed by atoms with E-state index in [1.165, 1.54) is 0 Å². The van der Waals surface area contributed by atoms with Crippen LogP contribution in [0.2, 0.25) is 0 Å². The highest BCUT2D eigenvalue weighted by Gasteiger charge is 2.57. The van der Waals surface area contributed by atoms with Gasteiger partial charge in [-0.1, -0.05) is 41.7 Å². The van der Waals surface area contributed by atoms with Crippen molar-refractivity contribution < 1.29 is 13.6 Å². The highest BCUT2D eigenvalue weighted by Crippen LogP contribution is 2.54. The van der Waals surface area contributed by atoms with Crippen molar-refractivity contribution in [3.05, 3.63) is 52.1 Å². The van der Waals surface area contributed by atoms with Crippen LogP contribution in [0, 0.1) is 5.92 Å². The van der Waals surface area contributed by atoms with Gasteiger partial charge in [0.05, 0.1) is 0 Å². The maximum absolute atomic E-state index is 13.5. The van der Waals surface area contributed by atoms with Crippen molar-refractivity contribution in [2.75, 3.05) is 11.4 Å². The Morgan fingerprint density at radius 1 is 1.27 bits per heavy atom. The molecule has 10 heteroatoms. The highest BCUT2D eigenvalue weighted by atomic mass is 32.1. The number of aromatic nitrogens is 3. The lowest BCUT2D eigenvalue weighted by Crippen LogP contribution is -2.58. The fourth-order valence-corrected chi connectivity index (χ4v) is 6.41. The van der Waals surface area contributed by atoms with Gasteiger partial charge < -0.3 is 10.6 Å². The maximum atomic E-state index is 13.5. The van der Waals surface area contributed by atoms with Crippen molar-refractivity contribution in [3.63, 3.8) is 0 Å². The standard InChI is InChI=1S/C23H25F2N5O2S/c1-2-29-18(17(24)25)28-19-16(20(29)31)27-22(33-19)30-12-6-11-23(30,21(26)32)15(14-9-10-14)13-7-4-3-5-8-13/h3-5,7-8,14-15,17H,2,6,9-12H2,1H3,(H2,26,32)/t15-,23?/m0/s1. The molecular weight excluding hydrogens is 448 g/mol. The van der Waals surface area contributed by atoms with Crippen LogP contribution in [0.1, 0.15) is 56.3 Å². The number of nitrogens with two attached hydrogens (primary N) is 1. The van der Waals surface area contributed by atoms with Crippen molar-refractivity contribution in [1.29, 1.82) is 0 Å². The average Bonchev–Trinajstić information content (AvgIpc) is 3.36. The Hall–Kier alpha value is -2.88. The van der Waals surface area contributed by atoms with E-state index < -0.39 is 29.3 Å². The summed E-state index contributed by atoms with van der Waals surface area (Å²) in [7, 11) is 0. The zero-order valence-electron chi connectivity index (χ0n) is 18.2. The summed E-state index contributed by atoms with van der Waals surface area (Å²) in [5.41, 5.74) is 5.63. The Balaban J connectivity index is 1.67. The first kappa shape index (κ1) is 21.9. The van der Waals surface area contributed by atoms with Crippen LogP contribution in [0.5, 0.6) is 0 Å². The van der Waals surface area contributed by atoms with Gasteiger partial charge in [-0.2, -0.15) is 0 Å². The van der Waals surface area contributed by atoms with E-state index in [0.29, 0.717) is 24.0 Å². The molecule has 5 rings (SSSR count). The predicted molar refractivity (Wildman–Crippen MR) is 123 cm³/mol. The predicted octanol–water partition coefficient (Wildman–Crippen LogP) is 3.83. The van der Waals surface area contributed by atoms with Gasteiger partial charge in [0.15, 0.2) is 21.3 Å². The minimum absolute atomic E-state index is 0.0502. The number of thiazole rings is 1. The third kappa shape index (κ3) is 3.42. The second-order valence-corrected chi connectivity index (χ2v) is 9.70. The van der Waals surface area contributed by atoms with E-state index in [9.17, 15) is 18.4 Å². The third-order valence-electron chi connectivity index (χ3n) is 6.90. The topological polar surface area (TPSA) is 94.1 Å². The van der Waals surface area contributed by atoms with E-state index in [2.05, 4.69) is 9.97 Å². The van der Waals surface area contributed by atoms with Crippen molar-refractivity contribution in [1.82, 2.24) is 14.5 Å². The fraction of sp³-hybridized carbons (Fsp3) is 0.478. The van der Waals surface area contributed by atoms with Crippen LogP contribution in [0.25, 0.3) is 10.3 Å². The van der Waals surface area contributed by atoms with Crippen molar-refractivity contribution in [3.8, 4) is 0 Å². The molecule has 3 heterocycles. The normalized spacial score (nSPS) is 21.8. The van der Waals surface area contributed by atoms with Gasteiger partial charge in [-0.15, -0.1) is 0 Å². The Bertz CT molecular complexity index is 1260. The number of benzene rings is 1. The zero-order valence-corrected chi connectivity index (χ0v) is 19.0. The maximum Gasteiger partial charge on any atom is 0.295 e. The number of fused-ring (bicyclic) bond motifs is 1.